The van der Waals surface area contributed by atoms with Crippen molar-refractivity contribution in [2.45, 2.75) is 32.2 Å². The number of hydrogen-bond acceptors (Lipinski definition) is 3. The van der Waals surface area contributed by atoms with E-state index in [9.17, 15) is 0 Å². The monoisotopic (exact) mass is 262 g/mol. The summed E-state index contributed by atoms with van der Waals surface area (Å²) < 4.78 is 5.28. The van der Waals surface area contributed by atoms with E-state index >= 15 is 0 Å². The molecule has 0 radical (unpaired) electrons. The Morgan fingerprint density at radius 3 is 2.95 bits per heavy atom. The van der Waals surface area contributed by atoms with E-state index in [2.05, 4.69) is 36.1 Å². The van der Waals surface area contributed by atoms with E-state index in [4.69, 9.17) is 10.5 Å². The van der Waals surface area contributed by atoms with Crippen molar-refractivity contribution >= 4 is 5.69 Å². The van der Waals surface area contributed by atoms with Gasteiger partial charge in [-0.2, -0.15) is 0 Å². The second kappa shape index (κ2) is 6.92. The van der Waals surface area contributed by atoms with Crippen molar-refractivity contribution < 1.29 is 4.74 Å². The summed E-state index contributed by atoms with van der Waals surface area (Å²) >= 11 is 0. The van der Waals surface area contributed by atoms with E-state index in [0.29, 0.717) is 5.92 Å². The van der Waals surface area contributed by atoms with E-state index < -0.39 is 0 Å². The van der Waals surface area contributed by atoms with E-state index in [1.54, 1.807) is 7.11 Å². The van der Waals surface area contributed by atoms with Gasteiger partial charge in [-0.1, -0.05) is 25.1 Å². The van der Waals surface area contributed by atoms with Crippen molar-refractivity contribution in [3.05, 3.63) is 29.8 Å². The molecule has 2 unspecified atom stereocenters. The molecule has 1 aromatic carbocycles. The van der Waals surface area contributed by atoms with Gasteiger partial charge < -0.3 is 15.4 Å². The minimum absolute atomic E-state index is 0.263. The molecule has 19 heavy (non-hydrogen) atoms. The highest BCUT2D eigenvalue weighted by Gasteiger charge is 2.24. The number of para-hydroxylation sites is 1. The molecule has 0 amide bonds. The van der Waals surface area contributed by atoms with Crippen molar-refractivity contribution in [3.63, 3.8) is 0 Å². The maximum atomic E-state index is 6.11. The molecule has 1 aromatic rings. The lowest BCUT2D eigenvalue weighted by molar-refractivity contribution is 0.161. The predicted octanol–water partition coefficient (Wildman–Crippen LogP) is 2.44. The third-order valence-corrected chi connectivity index (χ3v) is 4.03. The van der Waals surface area contributed by atoms with Crippen molar-refractivity contribution in [2.75, 3.05) is 31.7 Å². The Bertz CT molecular complexity index is 394. The van der Waals surface area contributed by atoms with Gasteiger partial charge in [-0.15, -0.1) is 0 Å². The first-order valence-corrected chi connectivity index (χ1v) is 7.32. The lowest BCUT2D eigenvalue weighted by Gasteiger charge is -2.23. The van der Waals surface area contributed by atoms with Crippen molar-refractivity contribution in [1.29, 1.82) is 0 Å². The Hall–Kier alpha value is -1.06. The van der Waals surface area contributed by atoms with E-state index in [-0.39, 0.29) is 6.04 Å². The molecule has 1 heterocycles. The number of benzene rings is 1. The lowest BCUT2D eigenvalue weighted by Crippen LogP contribution is -2.25. The molecule has 3 nitrogen and oxygen atoms in total. The number of nitrogens with zero attached hydrogens (tertiary/aromatic N) is 1. The lowest BCUT2D eigenvalue weighted by atomic mass is 10.0. The first-order chi connectivity index (χ1) is 9.24. The Morgan fingerprint density at radius 2 is 2.21 bits per heavy atom. The number of methoxy groups -OCH3 is 1. The minimum atomic E-state index is 0.263. The summed E-state index contributed by atoms with van der Waals surface area (Å²) in [6, 6.07) is 8.95. The molecule has 1 aliphatic rings. The van der Waals surface area contributed by atoms with Crippen LogP contribution in [0.1, 0.15) is 25.3 Å². The SMILES string of the molecule is CCC(N)Cc1ccccc1N1CCC(COC)C1. The zero-order chi connectivity index (χ0) is 13.7. The third-order valence-electron chi connectivity index (χ3n) is 4.03. The maximum absolute atomic E-state index is 6.11. The Morgan fingerprint density at radius 1 is 1.42 bits per heavy atom. The summed E-state index contributed by atoms with van der Waals surface area (Å²) in [4.78, 5) is 2.49. The van der Waals surface area contributed by atoms with Crippen LogP contribution in [0.2, 0.25) is 0 Å². The normalized spacial score (nSPS) is 20.8. The largest absolute Gasteiger partial charge is 0.384 e. The van der Waals surface area contributed by atoms with Crippen LogP contribution in [0.4, 0.5) is 5.69 Å². The van der Waals surface area contributed by atoms with Gasteiger partial charge in [0.05, 0.1) is 6.61 Å². The molecule has 0 saturated carbocycles. The van der Waals surface area contributed by atoms with Gasteiger partial charge in [0.2, 0.25) is 0 Å². The average molecular weight is 262 g/mol. The van der Waals surface area contributed by atoms with Gasteiger partial charge in [-0.05, 0) is 30.9 Å². The number of rotatable bonds is 6. The molecule has 2 N–H and O–H groups in total. The smallest absolute Gasteiger partial charge is 0.0508 e. The highest BCUT2D eigenvalue weighted by Crippen LogP contribution is 2.28. The molecule has 3 heteroatoms. The molecular formula is C16H26N2O. The van der Waals surface area contributed by atoms with E-state index in [0.717, 1.165) is 32.5 Å². The van der Waals surface area contributed by atoms with Crippen LogP contribution in [0, 0.1) is 5.92 Å². The van der Waals surface area contributed by atoms with Gasteiger partial charge in [0.25, 0.3) is 0 Å². The zero-order valence-corrected chi connectivity index (χ0v) is 12.1. The fraction of sp³-hybridized carbons (Fsp3) is 0.625. The highest BCUT2D eigenvalue weighted by atomic mass is 16.5. The van der Waals surface area contributed by atoms with Crippen LogP contribution in [-0.4, -0.2) is 32.8 Å². The maximum Gasteiger partial charge on any atom is 0.0508 e. The first kappa shape index (κ1) is 14.4. The zero-order valence-electron chi connectivity index (χ0n) is 12.1. The molecule has 106 valence electrons. The van der Waals surface area contributed by atoms with Crippen molar-refractivity contribution in [1.82, 2.24) is 0 Å². The summed E-state index contributed by atoms with van der Waals surface area (Å²) in [5.41, 5.74) is 8.86. The van der Waals surface area contributed by atoms with Crippen LogP contribution in [0.3, 0.4) is 0 Å². The first-order valence-electron chi connectivity index (χ1n) is 7.32. The summed E-state index contributed by atoms with van der Waals surface area (Å²) in [7, 11) is 1.79. The molecule has 1 fully saturated rings. The van der Waals surface area contributed by atoms with Crippen LogP contribution < -0.4 is 10.6 Å². The van der Waals surface area contributed by atoms with Crippen LogP contribution in [0.15, 0.2) is 24.3 Å². The van der Waals surface area contributed by atoms with Gasteiger partial charge in [-0.25, -0.2) is 0 Å². The van der Waals surface area contributed by atoms with Gasteiger partial charge in [-0.3, -0.25) is 0 Å². The second-order valence-corrected chi connectivity index (χ2v) is 5.56. The number of ether oxygens (including phenoxy) is 1. The summed E-state index contributed by atoms with van der Waals surface area (Å²) in [6.07, 6.45) is 3.22. The molecule has 2 rings (SSSR count). The minimum Gasteiger partial charge on any atom is -0.384 e. The van der Waals surface area contributed by atoms with Crippen LogP contribution in [0.25, 0.3) is 0 Å². The summed E-state index contributed by atoms with van der Waals surface area (Å²) in [5.74, 6) is 0.665. The molecule has 0 aromatic heterocycles. The van der Waals surface area contributed by atoms with Crippen LogP contribution >= 0.6 is 0 Å². The van der Waals surface area contributed by atoms with Gasteiger partial charge in [0.15, 0.2) is 0 Å². The van der Waals surface area contributed by atoms with Crippen molar-refractivity contribution in [3.8, 4) is 0 Å². The standard InChI is InChI=1S/C16H26N2O/c1-3-15(17)10-14-6-4-5-7-16(14)18-9-8-13(11-18)12-19-2/h4-7,13,15H,3,8-12,17H2,1-2H3. The average Bonchev–Trinajstić information content (AvgIpc) is 2.88. The highest BCUT2D eigenvalue weighted by molar-refractivity contribution is 5.54. The Labute approximate surface area is 116 Å². The van der Waals surface area contributed by atoms with Gasteiger partial charge >= 0.3 is 0 Å². The molecule has 1 aliphatic heterocycles. The van der Waals surface area contributed by atoms with Crippen LogP contribution in [0.5, 0.6) is 0 Å². The molecule has 0 spiro atoms. The molecule has 2 atom stereocenters. The van der Waals surface area contributed by atoms with Crippen LogP contribution in [-0.2, 0) is 11.2 Å². The fourth-order valence-electron chi connectivity index (χ4n) is 2.84. The molecule has 0 aliphatic carbocycles. The number of hydrogen-bond donors (Lipinski definition) is 1. The number of nitrogens with two attached hydrogens (primary N) is 1. The van der Waals surface area contributed by atoms with Crippen molar-refractivity contribution in [2.24, 2.45) is 11.7 Å². The predicted molar refractivity (Wildman–Crippen MR) is 80.6 cm³/mol. The van der Waals surface area contributed by atoms with Gasteiger partial charge in [0.1, 0.15) is 0 Å². The summed E-state index contributed by atoms with van der Waals surface area (Å²) in [6.45, 7) is 5.25. The Balaban J connectivity index is 2.07. The quantitative estimate of drug-likeness (QED) is 0.856. The van der Waals surface area contributed by atoms with E-state index in [1.807, 2.05) is 0 Å². The van der Waals surface area contributed by atoms with Gasteiger partial charge in [0, 0.05) is 37.8 Å². The Kier molecular flexibility index (Phi) is 5.23. The topological polar surface area (TPSA) is 38.5 Å². The second-order valence-electron chi connectivity index (χ2n) is 5.56. The van der Waals surface area contributed by atoms with E-state index in [1.165, 1.54) is 17.7 Å². The molecule has 0 bridgehead atoms. The summed E-state index contributed by atoms with van der Waals surface area (Å²) in [5, 5.41) is 0. The molecule has 1 saturated heterocycles. The number of anilines is 1. The third kappa shape index (κ3) is 3.71. The molecular weight excluding hydrogens is 236 g/mol. The fourth-order valence-corrected chi connectivity index (χ4v) is 2.84.